The van der Waals surface area contributed by atoms with Crippen LogP contribution in [-0.4, -0.2) is 4.98 Å². The van der Waals surface area contributed by atoms with Gasteiger partial charge in [-0.2, -0.15) is 0 Å². The normalized spacial score (nSPS) is 14.8. The summed E-state index contributed by atoms with van der Waals surface area (Å²) < 4.78 is 0. The van der Waals surface area contributed by atoms with Gasteiger partial charge in [-0.15, -0.1) is 0 Å². The second kappa shape index (κ2) is 3.35. The molecule has 12 heavy (non-hydrogen) atoms. The van der Waals surface area contributed by atoms with E-state index in [0.29, 0.717) is 0 Å². The number of hydrogen-bond donors (Lipinski definition) is 0. The Bertz CT molecular complexity index is 309. The molecule has 0 unspecified atom stereocenters. The van der Waals surface area contributed by atoms with Gasteiger partial charge in [0.2, 0.25) is 0 Å². The summed E-state index contributed by atoms with van der Waals surface area (Å²) in [7, 11) is 0. The molecule has 0 aliphatic heterocycles. The number of pyridine rings is 1. The lowest BCUT2D eigenvalue weighted by Crippen LogP contribution is -1.89. The number of rotatable bonds is 2. The Morgan fingerprint density at radius 3 is 3.08 bits per heavy atom. The van der Waals surface area contributed by atoms with Crippen LogP contribution in [0.15, 0.2) is 42.1 Å². The standard InChI is InChI=1S/C11H10N/c1-2-6-10(5-1)9-11-7-3-4-8-12-11/h1,3-5,7-8H,2,9H2. The molecule has 1 aliphatic rings. The van der Waals surface area contributed by atoms with E-state index in [0.717, 1.165) is 18.5 Å². The first-order chi connectivity index (χ1) is 5.95. The summed E-state index contributed by atoms with van der Waals surface area (Å²) in [5.41, 5.74) is 2.38. The van der Waals surface area contributed by atoms with E-state index in [-0.39, 0.29) is 0 Å². The fraction of sp³-hybridized carbons (Fsp3) is 0.182. The maximum atomic E-state index is 4.25. The van der Waals surface area contributed by atoms with Crippen LogP contribution in [0.2, 0.25) is 0 Å². The highest BCUT2D eigenvalue weighted by molar-refractivity contribution is 5.27. The lowest BCUT2D eigenvalue weighted by Gasteiger charge is -1.97. The molecule has 1 heterocycles. The van der Waals surface area contributed by atoms with Crippen molar-refractivity contribution in [1.82, 2.24) is 4.98 Å². The Balaban J connectivity index is 2.09. The van der Waals surface area contributed by atoms with Crippen molar-refractivity contribution >= 4 is 0 Å². The second-order valence-electron chi connectivity index (χ2n) is 2.81. The maximum absolute atomic E-state index is 4.25. The van der Waals surface area contributed by atoms with Crippen molar-refractivity contribution in [2.45, 2.75) is 12.8 Å². The molecule has 0 bridgehead atoms. The minimum Gasteiger partial charge on any atom is -0.261 e. The summed E-state index contributed by atoms with van der Waals surface area (Å²) in [5.74, 6) is 0. The molecule has 0 saturated heterocycles. The van der Waals surface area contributed by atoms with Crippen LogP contribution in [0.4, 0.5) is 0 Å². The zero-order valence-corrected chi connectivity index (χ0v) is 6.83. The highest BCUT2D eigenvalue weighted by atomic mass is 14.7. The Labute approximate surface area is 72.5 Å². The van der Waals surface area contributed by atoms with Gasteiger partial charge in [-0.3, -0.25) is 4.98 Å². The summed E-state index contributed by atoms with van der Waals surface area (Å²) in [5, 5.41) is 0. The van der Waals surface area contributed by atoms with E-state index in [4.69, 9.17) is 0 Å². The Kier molecular flexibility index (Phi) is 2.04. The van der Waals surface area contributed by atoms with Gasteiger partial charge in [-0.25, -0.2) is 0 Å². The molecule has 59 valence electrons. The van der Waals surface area contributed by atoms with Gasteiger partial charge in [0.25, 0.3) is 0 Å². The largest absolute Gasteiger partial charge is 0.261 e. The van der Waals surface area contributed by atoms with Crippen LogP contribution in [0, 0.1) is 6.08 Å². The lowest BCUT2D eigenvalue weighted by molar-refractivity contribution is 1.07. The van der Waals surface area contributed by atoms with E-state index in [1.807, 2.05) is 24.4 Å². The summed E-state index contributed by atoms with van der Waals surface area (Å²) >= 11 is 0. The Hall–Kier alpha value is -1.37. The molecule has 1 aromatic heterocycles. The Morgan fingerprint density at radius 2 is 2.42 bits per heavy atom. The van der Waals surface area contributed by atoms with Crippen molar-refractivity contribution in [2.24, 2.45) is 0 Å². The number of aromatic nitrogens is 1. The molecule has 1 nitrogen and oxygen atoms in total. The molecule has 0 fully saturated rings. The van der Waals surface area contributed by atoms with E-state index in [2.05, 4.69) is 23.2 Å². The van der Waals surface area contributed by atoms with Crippen LogP contribution in [0.5, 0.6) is 0 Å². The average Bonchev–Trinajstić information content (AvgIpc) is 2.59. The van der Waals surface area contributed by atoms with E-state index in [9.17, 15) is 0 Å². The first-order valence-corrected chi connectivity index (χ1v) is 4.11. The van der Waals surface area contributed by atoms with Gasteiger partial charge in [0.1, 0.15) is 0 Å². The van der Waals surface area contributed by atoms with Crippen molar-refractivity contribution < 1.29 is 0 Å². The SMILES string of the molecule is [C]1=C(Cc2ccccn2)C=CC1. The van der Waals surface area contributed by atoms with Crippen LogP contribution in [0.3, 0.4) is 0 Å². The first-order valence-electron chi connectivity index (χ1n) is 4.11. The third-order valence-electron chi connectivity index (χ3n) is 1.86. The minimum atomic E-state index is 0.914. The summed E-state index contributed by atoms with van der Waals surface area (Å²) in [4.78, 5) is 4.25. The molecule has 1 aromatic rings. The van der Waals surface area contributed by atoms with E-state index in [1.54, 1.807) is 0 Å². The van der Waals surface area contributed by atoms with E-state index < -0.39 is 0 Å². The van der Waals surface area contributed by atoms with Crippen LogP contribution in [0.25, 0.3) is 0 Å². The molecule has 1 aliphatic carbocycles. The summed E-state index contributed by atoms with van der Waals surface area (Å²) in [6.45, 7) is 0. The van der Waals surface area contributed by atoms with Gasteiger partial charge in [0, 0.05) is 18.3 Å². The average molecular weight is 156 g/mol. The molecule has 0 saturated carbocycles. The van der Waals surface area contributed by atoms with Crippen molar-refractivity contribution in [3.8, 4) is 0 Å². The van der Waals surface area contributed by atoms with Gasteiger partial charge in [-0.1, -0.05) is 18.2 Å². The molecule has 0 aromatic carbocycles. The van der Waals surface area contributed by atoms with Crippen LogP contribution >= 0.6 is 0 Å². The van der Waals surface area contributed by atoms with Crippen LogP contribution < -0.4 is 0 Å². The number of nitrogens with zero attached hydrogens (tertiary/aromatic N) is 1. The predicted molar refractivity (Wildman–Crippen MR) is 48.5 cm³/mol. The van der Waals surface area contributed by atoms with Crippen LogP contribution in [0.1, 0.15) is 12.1 Å². The fourth-order valence-corrected chi connectivity index (χ4v) is 1.27. The third kappa shape index (κ3) is 1.62. The molecule has 1 heteroatoms. The van der Waals surface area contributed by atoms with Crippen molar-refractivity contribution in [3.63, 3.8) is 0 Å². The minimum absolute atomic E-state index is 0.914. The molecular formula is C11H10N. The van der Waals surface area contributed by atoms with Crippen molar-refractivity contribution in [2.75, 3.05) is 0 Å². The quantitative estimate of drug-likeness (QED) is 0.640. The van der Waals surface area contributed by atoms with Crippen molar-refractivity contribution in [1.29, 1.82) is 0 Å². The third-order valence-corrected chi connectivity index (χ3v) is 1.86. The van der Waals surface area contributed by atoms with E-state index in [1.165, 1.54) is 5.57 Å². The molecule has 0 atom stereocenters. The zero-order valence-electron chi connectivity index (χ0n) is 6.83. The maximum Gasteiger partial charge on any atom is 0.0447 e. The van der Waals surface area contributed by atoms with Crippen molar-refractivity contribution in [3.05, 3.63) is 53.9 Å². The monoisotopic (exact) mass is 156 g/mol. The number of hydrogen-bond acceptors (Lipinski definition) is 1. The van der Waals surface area contributed by atoms with Crippen LogP contribution in [-0.2, 0) is 6.42 Å². The van der Waals surface area contributed by atoms with E-state index >= 15 is 0 Å². The second-order valence-corrected chi connectivity index (χ2v) is 2.81. The van der Waals surface area contributed by atoms with Gasteiger partial charge in [0.05, 0.1) is 0 Å². The summed E-state index contributed by atoms with van der Waals surface area (Å²) in [6.07, 6.45) is 11.2. The number of allylic oxidation sites excluding steroid dienone is 4. The predicted octanol–water partition coefficient (Wildman–Crippen LogP) is 2.31. The fourth-order valence-electron chi connectivity index (χ4n) is 1.27. The molecule has 0 amide bonds. The molecular weight excluding hydrogens is 146 g/mol. The molecule has 0 spiro atoms. The topological polar surface area (TPSA) is 12.9 Å². The van der Waals surface area contributed by atoms with Gasteiger partial charge in [0.15, 0.2) is 0 Å². The smallest absolute Gasteiger partial charge is 0.0447 e. The Morgan fingerprint density at radius 1 is 1.42 bits per heavy atom. The first kappa shape index (κ1) is 7.29. The summed E-state index contributed by atoms with van der Waals surface area (Å²) in [6, 6.07) is 5.99. The van der Waals surface area contributed by atoms with Gasteiger partial charge in [-0.05, 0) is 30.2 Å². The van der Waals surface area contributed by atoms with Gasteiger partial charge < -0.3 is 0 Å². The molecule has 2 rings (SSSR count). The lowest BCUT2D eigenvalue weighted by atomic mass is 10.1. The van der Waals surface area contributed by atoms with Gasteiger partial charge >= 0.3 is 0 Å². The highest BCUT2D eigenvalue weighted by Gasteiger charge is 1.99. The zero-order chi connectivity index (χ0) is 8.23. The molecule has 1 radical (unpaired) electrons. The molecule has 0 N–H and O–H groups in total. The highest BCUT2D eigenvalue weighted by Crippen LogP contribution is 2.12.